The number of aromatic nitrogens is 1. The second-order valence-corrected chi connectivity index (χ2v) is 8.92. The van der Waals surface area contributed by atoms with Gasteiger partial charge in [0.25, 0.3) is 0 Å². The van der Waals surface area contributed by atoms with Gasteiger partial charge in [-0.2, -0.15) is 0 Å². The zero-order valence-electron chi connectivity index (χ0n) is 20.0. The van der Waals surface area contributed by atoms with Crippen molar-refractivity contribution < 1.29 is 23.8 Å². The number of amides is 3. The Morgan fingerprint density at radius 2 is 1.80 bits per heavy atom. The number of carbonyl (C=O) groups is 2. The molecule has 1 aliphatic rings. The lowest BCUT2D eigenvalue weighted by molar-refractivity contribution is -0.117. The smallest absolute Gasteiger partial charge is 0.318 e. The van der Waals surface area contributed by atoms with Crippen LogP contribution >= 0.6 is 11.3 Å². The van der Waals surface area contributed by atoms with Crippen molar-refractivity contribution in [2.45, 2.75) is 25.4 Å². The maximum atomic E-state index is 13.5. The first-order chi connectivity index (χ1) is 16.9. The number of benzene rings is 2. The summed E-state index contributed by atoms with van der Waals surface area (Å²) >= 11 is 1.32. The molecular formula is C25H28N4O5S. The molecule has 0 bridgehead atoms. The highest BCUT2D eigenvalue weighted by Gasteiger charge is 2.34. The number of fused-ring (bicyclic) bond motifs is 1. The minimum absolute atomic E-state index is 0.335. The van der Waals surface area contributed by atoms with E-state index < -0.39 is 12.1 Å². The van der Waals surface area contributed by atoms with Gasteiger partial charge in [-0.05, 0) is 54.3 Å². The SMILES string of the molecule is COc1ccc(C2c3cc(OC)c(OC)cc3CCN2C(=O)NC(C)C(=O)Nc2nccs2)cc1. The van der Waals surface area contributed by atoms with Crippen LogP contribution in [0.15, 0.2) is 48.0 Å². The maximum Gasteiger partial charge on any atom is 0.318 e. The van der Waals surface area contributed by atoms with E-state index >= 15 is 0 Å². The summed E-state index contributed by atoms with van der Waals surface area (Å²) in [5.74, 6) is 1.62. The van der Waals surface area contributed by atoms with Crippen LogP contribution in [0.1, 0.15) is 29.7 Å². The summed E-state index contributed by atoms with van der Waals surface area (Å²) in [6.07, 6.45) is 2.24. The number of hydrogen-bond acceptors (Lipinski definition) is 7. The van der Waals surface area contributed by atoms with Crippen LogP contribution in [-0.4, -0.2) is 55.7 Å². The standard InChI is InChI=1S/C25H28N4O5S/c1-15(23(30)28-24-26-10-12-35-24)27-25(31)29-11-9-17-13-20(33-3)21(34-4)14-19(17)22(29)16-5-7-18(32-2)8-6-16/h5-8,10,12-15,22H,9,11H2,1-4H3,(H,27,31)(H,26,28,30). The van der Waals surface area contributed by atoms with Gasteiger partial charge in [0, 0.05) is 18.1 Å². The zero-order chi connectivity index (χ0) is 24.9. The molecular weight excluding hydrogens is 468 g/mol. The van der Waals surface area contributed by atoms with E-state index in [0.717, 1.165) is 22.4 Å². The summed E-state index contributed by atoms with van der Waals surface area (Å²) in [6, 6.07) is 10.0. The average molecular weight is 497 g/mol. The van der Waals surface area contributed by atoms with Crippen molar-refractivity contribution in [3.05, 3.63) is 64.7 Å². The second-order valence-electron chi connectivity index (χ2n) is 8.02. The van der Waals surface area contributed by atoms with E-state index in [2.05, 4.69) is 15.6 Å². The predicted molar refractivity (Wildman–Crippen MR) is 134 cm³/mol. The maximum absolute atomic E-state index is 13.5. The monoisotopic (exact) mass is 496 g/mol. The van der Waals surface area contributed by atoms with Crippen LogP contribution in [0.2, 0.25) is 0 Å². The van der Waals surface area contributed by atoms with E-state index in [1.54, 1.807) is 44.7 Å². The Bertz CT molecular complexity index is 1180. The molecule has 1 aromatic heterocycles. The van der Waals surface area contributed by atoms with E-state index in [4.69, 9.17) is 14.2 Å². The lowest BCUT2D eigenvalue weighted by Gasteiger charge is -2.38. The molecule has 0 fully saturated rings. The number of urea groups is 1. The summed E-state index contributed by atoms with van der Waals surface area (Å²) in [6.45, 7) is 2.11. The van der Waals surface area contributed by atoms with Gasteiger partial charge in [0.1, 0.15) is 11.8 Å². The van der Waals surface area contributed by atoms with Crippen molar-refractivity contribution in [3.8, 4) is 17.2 Å². The van der Waals surface area contributed by atoms with Crippen LogP contribution in [0.25, 0.3) is 0 Å². The molecule has 0 aliphatic carbocycles. The van der Waals surface area contributed by atoms with Crippen LogP contribution < -0.4 is 24.8 Å². The Balaban J connectivity index is 1.64. The van der Waals surface area contributed by atoms with E-state index in [1.807, 2.05) is 36.4 Å². The van der Waals surface area contributed by atoms with Crippen molar-refractivity contribution in [1.29, 1.82) is 0 Å². The molecule has 0 saturated carbocycles. The Hall–Kier alpha value is -3.79. The predicted octanol–water partition coefficient (Wildman–Crippen LogP) is 3.85. The molecule has 10 heteroatoms. The molecule has 4 rings (SSSR count). The number of nitrogens with zero attached hydrogens (tertiary/aromatic N) is 2. The third-order valence-electron chi connectivity index (χ3n) is 5.96. The van der Waals surface area contributed by atoms with Crippen molar-refractivity contribution in [1.82, 2.24) is 15.2 Å². The molecule has 2 atom stereocenters. The van der Waals surface area contributed by atoms with E-state index in [9.17, 15) is 9.59 Å². The Labute approximate surface area is 208 Å². The Morgan fingerprint density at radius 3 is 2.43 bits per heavy atom. The highest BCUT2D eigenvalue weighted by atomic mass is 32.1. The van der Waals surface area contributed by atoms with Crippen LogP contribution in [0.4, 0.5) is 9.93 Å². The number of ether oxygens (including phenoxy) is 3. The number of hydrogen-bond donors (Lipinski definition) is 2. The van der Waals surface area contributed by atoms with Gasteiger partial charge in [-0.15, -0.1) is 11.3 Å². The Kier molecular flexibility index (Phi) is 7.40. The fourth-order valence-electron chi connectivity index (χ4n) is 4.14. The first-order valence-corrected chi connectivity index (χ1v) is 12.0. The molecule has 184 valence electrons. The quantitative estimate of drug-likeness (QED) is 0.515. The van der Waals surface area contributed by atoms with E-state index in [-0.39, 0.29) is 11.9 Å². The molecule has 35 heavy (non-hydrogen) atoms. The fourth-order valence-corrected chi connectivity index (χ4v) is 4.67. The molecule has 3 amide bonds. The van der Waals surface area contributed by atoms with Gasteiger partial charge < -0.3 is 29.7 Å². The Morgan fingerprint density at radius 1 is 1.09 bits per heavy atom. The summed E-state index contributed by atoms with van der Waals surface area (Å²) in [5, 5.41) is 7.81. The number of rotatable bonds is 7. The molecule has 9 nitrogen and oxygen atoms in total. The minimum Gasteiger partial charge on any atom is -0.497 e. The largest absolute Gasteiger partial charge is 0.497 e. The highest BCUT2D eigenvalue weighted by molar-refractivity contribution is 7.13. The van der Waals surface area contributed by atoms with Crippen molar-refractivity contribution >= 4 is 28.4 Å². The van der Waals surface area contributed by atoms with Gasteiger partial charge in [-0.25, -0.2) is 9.78 Å². The first kappa shape index (κ1) is 24.3. The van der Waals surface area contributed by atoms with Crippen molar-refractivity contribution in [2.24, 2.45) is 0 Å². The van der Waals surface area contributed by atoms with Gasteiger partial charge in [-0.1, -0.05) is 12.1 Å². The second kappa shape index (κ2) is 10.6. The molecule has 2 aromatic carbocycles. The van der Waals surface area contributed by atoms with Gasteiger partial charge >= 0.3 is 6.03 Å². The summed E-state index contributed by atoms with van der Waals surface area (Å²) < 4.78 is 16.3. The molecule has 0 radical (unpaired) electrons. The minimum atomic E-state index is -0.755. The molecule has 2 heterocycles. The third-order valence-corrected chi connectivity index (χ3v) is 6.65. The molecule has 0 spiro atoms. The lowest BCUT2D eigenvalue weighted by atomic mass is 9.87. The number of methoxy groups -OCH3 is 3. The summed E-state index contributed by atoms with van der Waals surface area (Å²) in [5.41, 5.74) is 2.92. The first-order valence-electron chi connectivity index (χ1n) is 11.1. The zero-order valence-corrected chi connectivity index (χ0v) is 20.8. The van der Waals surface area contributed by atoms with Gasteiger partial charge in [0.05, 0.1) is 27.4 Å². The van der Waals surface area contributed by atoms with Gasteiger partial charge in [0.15, 0.2) is 16.6 Å². The van der Waals surface area contributed by atoms with Crippen LogP contribution in [0, 0.1) is 0 Å². The van der Waals surface area contributed by atoms with Crippen LogP contribution in [0.5, 0.6) is 17.2 Å². The average Bonchev–Trinajstić information content (AvgIpc) is 3.40. The lowest BCUT2D eigenvalue weighted by Crippen LogP contribution is -2.51. The number of thiazole rings is 1. The van der Waals surface area contributed by atoms with Crippen molar-refractivity contribution in [3.63, 3.8) is 0 Å². The van der Waals surface area contributed by atoms with Gasteiger partial charge in [0.2, 0.25) is 5.91 Å². The highest BCUT2D eigenvalue weighted by Crippen LogP contribution is 2.41. The van der Waals surface area contributed by atoms with Crippen LogP contribution in [-0.2, 0) is 11.2 Å². The normalized spacial score (nSPS) is 15.5. The van der Waals surface area contributed by atoms with Crippen molar-refractivity contribution in [2.75, 3.05) is 33.2 Å². The molecule has 2 N–H and O–H groups in total. The summed E-state index contributed by atoms with van der Waals surface area (Å²) in [7, 11) is 4.80. The molecule has 2 unspecified atom stereocenters. The summed E-state index contributed by atoms with van der Waals surface area (Å²) in [4.78, 5) is 31.8. The van der Waals surface area contributed by atoms with E-state index in [0.29, 0.717) is 29.6 Å². The third kappa shape index (κ3) is 5.17. The molecule has 1 aliphatic heterocycles. The van der Waals surface area contributed by atoms with Crippen LogP contribution in [0.3, 0.4) is 0 Å². The molecule has 0 saturated heterocycles. The van der Waals surface area contributed by atoms with E-state index in [1.165, 1.54) is 11.3 Å². The van der Waals surface area contributed by atoms with Gasteiger partial charge in [-0.3, -0.25) is 4.79 Å². The number of nitrogens with one attached hydrogen (secondary N) is 2. The number of carbonyl (C=O) groups excluding carboxylic acids is 2. The fraction of sp³-hybridized carbons (Fsp3) is 0.320. The topological polar surface area (TPSA) is 102 Å². The number of anilines is 1. The molecule has 3 aromatic rings.